The molecule has 17 heavy (non-hydrogen) atoms. The second-order valence-corrected chi connectivity index (χ2v) is 4.14. The van der Waals surface area contributed by atoms with Gasteiger partial charge >= 0.3 is 0 Å². The number of nitrogens with zero attached hydrogens (tertiary/aromatic N) is 2. The Hall–Kier alpha value is -1.07. The molecule has 2 rings (SSSR count). The maximum absolute atomic E-state index is 12.1. The Morgan fingerprint density at radius 2 is 2.41 bits per heavy atom. The molecular formula is C11H18ClN3O2. The summed E-state index contributed by atoms with van der Waals surface area (Å²) in [6, 6.07) is 0.393. The molecule has 1 unspecified atom stereocenters. The Kier molecular flexibility index (Phi) is 4.96. The molecule has 5 nitrogen and oxygen atoms in total. The highest BCUT2D eigenvalue weighted by atomic mass is 35.5. The van der Waals surface area contributed by atoms with Crippen LogP contribution in [0.2, 0.25) is 0 Å². The smallest absolute Gasteiger partial charge is 0.276 e. The summed E-state index contributed by atoms with van der Waals surface area (Å²) >= 11 is 0. The lowest BCUT2D eigenvalue weighted by Crippen LogP contribution is -2.47. The van der Waals surface area contributed by atoms with Crippen molar-refractivity contribution in [1.29, 1.82) is 0 Å². The van der Waals surface area contributed by atoms with Crippen LogP contribution in [0.4, 0.5) is 0 Å². The molecule has 1 aliphatic rings. The molecule has 1 aliphatic heterocycles. The molecule has 0 bridgehead atoms. The van der Waals surface area contributed by atoms with Gasteiger partial charge in [-0.3, -0.25) is 4.79 Å². The molecule has 1 atom stereocenters. The average molecular weight is 260 g/mol. The van der Waals surface area contributed by atoms with E-state index in [1.54, 1.807) is 6.92 Å². The van der Waals surface area contributed by atoms with Gasteiger partial charge in [-0.05, 0) is 26.8 Å². The molecule has 1 aromatic rings. The molecule has 2 heterocycles. The summed E-state index contributed by atoms with van der Waals surface area (Å²) in [5.41, 5.74) is 0.441. The van der Waals surface area contributed by atoms with Crippen LogP contribution >= 0.6 is 12.4 Å². The van der Waals surface area contributed by atoms with Gasteiger partial charge in [-0.2, -0.15) is 0 Å². The topological polar surface area (TPSA) is 58.4 Å². The summed E-state index contributed by atoms with van der Waals surface area (Å²) in [4.78, 5) is 17.9. The fraction of sp³-hybridized carbons (Fsp3) is 0.636. The molecule has 0 radical (unpaired) electrons. The normalized spacial score (nSPS) is 19.9. The minimum atomic E-state index is -0.0220. The van der Waals surface area contributed by atoms with E-state index in [2.05, 4.69) is 10.3 Å². The number of carbonyl (C=O) groups excluding carboxylic acids is 1. The Bertz CT molecular complexity index is 381. The van der Waals surface area contributed by atoms with Crippen molar-refractivity contribution in [3.8, 4) is 0 Å². The first-order valence-electron chi connectivity index (χ1n) is 5.59. The maximum Gasteiger partial charge on any atom is 0.276 e. The highest BCUT2D eigenvalue weighted by molar-refractivity contribution is 5.93. The third-order valence-electron chi connectivity index (χ3n) is 3.06. The predicted molar refractivity (Wildman–Crippen MR) is 66.5 cm³/mol. The van der Waals surface area contributed by atoms with Gasteiger partial charge in [0.05, 0.1) is 0 Å². The van der Waals surface area contributed by atoms with E-state index < -0.39 is 0 Å². The molecule has 1 saturated heterocycles. The van der Waals surface area contributed by atoms with Gasteiger partial charge in [0.1, 0.15) is 5.76 Å². The number of rotatable bonds is 2. The van der Waals surface area contributed by atoms with Crippen LogP contribution < -0.4 is 5.32 Å². The average Bonchev–Trinajstić information content (AvgIpc) is 2.74. The van der Waals surface area contributed by atoms with Crippen molar-refractivity contribution in [2.75, 3.05) is 20.1 Å². The lowest BCUT2D eigenvalue weighted by atomic mass is 10.1. The third kappa shape index (κ3) is 2.98. The summed E-state index contributed by atoms with van der Waals surface area (Å²) in [7, 11) is 1.93. The van der Waals surface area contributed by atoms with Crippen LogP contribution in [-0.2, 0) is 0 Å². The fourth-order valence-corrected chi connectivity index (χ4v) is 2.06. The van der Waals surface area contributed by atoms with Crippen LogP contribution in [0.5, 0.6) is 0 Å². The first kappa shape index (κ1) is 14.0. The van der Waals surface area contributed by atoms with Crippen molar-refractivity contribution >= 4 is 18.3 Å². The van der Waals surface area contributed by atoms with Gasteiger partial charge in [-0.1, -0.05) is 0 Å². The number of hydrogen-bond donors (Lipinski definition) is 1. The number of carbonyl (C=O) groups is 1. The Balaban J connectivity index is 0.00000144. The van der Waals surface area contributed by atoms with Crippen LogP contribution in [0.1, 0.15) is 29.1 Å². The van der Waals surface area contributed by atoms with Crippen molar-refractivity contribution in [2.45, 2.75) is 25.8 Å². The molecule has 1 aromatic heterocycles. The van der Waals surface area contributed by atoms with Crippen LogP contribution in [-0.4, -0.2) is 42.0 Å². The summed E-state index contributed by atoms with van der Waals surface area (Å²) in [5.74, 6) is 0.572. The number of piperidine rings is 1. The van der Waals surface area contributed by atoms with Crippen molar-refractivity contribution in [2.24, 2.45) is 0 Å². The van der Waals surface area contributed by atoms with E-state index >= 15 is 0 Å². The number of amides is 1. The quantitative estimate of drug-likeness (QED) is 0.868. The third-order valence-corrected chi connectivity index (χ3v) is 3.06. The lowest BCUT2D eigenvalue weighted by Gasteiger charge is -2.32. The first-order valence-corrected chi connectivity index (χ1v) is 5.59. The molecule has 0 spiro atoms. The van der Waals surface area contributed by atoms with Gasteiger partial charge in [0.25, 0.3) is 5.91 Å². The monoisotopic (exact) mass is 259 g/mol. The number of aryl methyl sites for hydroxylation is 1. The molecular weight excluding hydrogens is 242 g/mol. The minimum absolute atomic E-state index is 0. The Morgan fingerprint density at radius 3 is 3.00 bits per heavy atom. The van der Waals surface area contributed by atoms with Gasteiger partial charge < -0.3 is 14.6 Å². The van der Waals surface area contributed by atoms with Gasteiger partial charge in [-0.15, -0.1) is 12.4 Å². The largest absolute Gasteiger partial charge is 0.448 e. The second-order valence-electron chi connectivity index (χ2n) is 4.14. The van der Waals surface area contributed by atoms with Gasteiger partial charge in [-0.25, -0.2) is 4.98 Å². The summed E-state index contributed by atoms with van der Waals surface area (Å²) < 4.78 is 5.06. The zero-order chi connectivity index (χ0) is 11.5. The zero-order valence-electron chi connectivity index (χ0n) is 10.1. The summed E-state index contributed by atoms with van der Waals surface area (Å²) in [5, 5.41) is 3.21. The van der Waals surface area contributed by atoms with E-state index in [1.165, 1.54) is 6.39 Å². The van der Waals surface area contributed by atoms with Crippen LogP contribution in [0, 0.1) is 6.92 Å². The Labute approximate surface area is 107 Å². The molecule has 6 heteroatoms. The number of likely N-dealkylation sites (N-methyl/N-ethyl adjacent to an activating group) is 1. The first-order chi connectivity index (χ1) is 7.72. The number of halogens is 1. The SMILES string of the molecule is CNC1CCCN(C(=O)c2ncoc2C)C1.Cl. The van der Waals surface area contributed by atoms with E-state index in [-0.39, 0.29) is 18.3 Å². The molecule has 0 aromatic carbocycles. The fourth-order valence-electron chi connectivity index (χ4n) is 2.06. The standard InChI is InChI=1S/C11H17N3O2.ClH/c1-8-10(13-7-16-8)11(15)14-5-3-4-9(6-14)12-2;/h7,9,12H,3-6H2,1-2H3;1H. The summed E-state index contributed by atoms with van der Waals surface area (Å²) in [6.45, 7) is 3.32. The minimum Gasteiger partial charge on any atom is -0.448 e. The van der Waals surface area contributed by atoms with Crippen LogP contribution in [0.25, 0.3) is 0 Å². The second kappa shape index (κ2) is 6.02. The van der Waals surface area contributed by atoms with Crippen molar-refractivity contribution in [3.05, 3.63) is 17.8 Å². The van der Waals surface area contributed by atoms with E-state index in [1.807, 2.05) is 11.9 Å². The number of nitrogens with one attached hydrogen (secondary N) is 1. The van der Waals surface area contributed by atoms with E-state index in [0.29, 0.717) is 17.5 Å². The van der Waals surface area contributed by atoms with E-state index in [9.17, 15) is 4.79 Å². The zero-order valence-corrected chi connectivity index (χ0v) is 10.9. The number of hydrogen-bond acceptors (Lipinski definition) is 4. The summed E-state index contributed by atoms with van der Waals surface area (Å²) in [6.07, 6.45) is 3.48. The Morgan fingerprint density at radius 1 is 1.65 bits per heavy atom. The molecule has 0 aliphatic carbocycles. The number of likely N-dealkylation sites (tertiary alicyclic amines) is 1. The number of oxazole rings is 1. The van der Waals surface area contributed by atoms with Crippen molar-refractivity contribution in [1.82, 2.24) is 15.2 Å². The van der Waals surface area contributed by atoms with Gasteiger partial charge in [0.2, 0.25) is 0 Å². The number of aromatic nitrogens is 1. The van der Waals surface area contributed by atoms with Crippen LogP contribution in [0.15, 0.2) is 10.8 Å². The van der Waals surface area contributed by atoms with Gasteiger partial charge in [0.15, 0.2) is 12.1 Å². The lowest BCUT2D eigenvalue weighted by molar-refractivity contribution is 0.0691. The molecule has 1 amide bonds. The highest BCUT2D eigenvalue weighted by Crippen LogP contribution is 2.14. The van der Waals surface area contributed by atoms with Crippen molar-refractivity contribution in [3.63, 3.8) is 0 Å². The molecule has 0 saturated carbocycles. The van der Waals surface area contributed by atoms with E-state index in [0.717, 1.165) is 25.9 Å². The maximum atomic E-state index is 12.1. The predicted octanol–water partition coefficient (Wildman–Crippen LogP) is 1.23. The van der Waals surface area contributed by atoms with Crippen molar-refractivity contribution < 1.29 is 9.21 Å². The molecule has 1 fully saturated rings. The van der Waals surface area contributed by atoms with Gasteiger partial charge in [0, 0.05) is 19.1 Å². The highest BCUT2D eigenvalue weighted by Gasteiger charge is 2.26. The molecule has 96 valence electrons. The van der Waals surface area contributed by atoms with E-state index in [4.69, 9.17) is 4.42 Å². The molecule has 1 N–H and O–H groups in total. The van der Waals surface area contributed by atoms with Crippen LogP contribution in [0.3, 0.4) is 0 Å².